The standard InChI is InChI=1S/C34H43NO8/c1-7-8-12-21(2)17-22(3)31(38)42-29-16-15-26(34(5)19-25(23(4)20-36)28(37)18-27(29)34)32(39)43-35-30(33(40)41-6)24-13-10-9-11-14-24/h9-11,13-14,17-18,20-21,26,29-30,35H,7-8,12,15-16,19H2,1-6H3/b22-17+,25-23+/t21?,26-,29-,30+,34-/m1/s1. The van der Waals surface area contributed by atoms with E-state index in [9.17, 15) is 24.0 Å². The molecule has 0 amide bonds. The molecule has 9 heteroatoms. The molecule has 0 spiro atoms. The number of hydrogen-bond acceptors (Lipinski definition) is 9. The van der Waals surface area contributed by atoms with Gasteiger partial charge in [0.25, 0.3) is 0 Å². The number of carbonyl (C=O) groups is 5. The fourth-order valence-electron chi connectivity index (χ4n) is 5.96. The van der Waals surface area contributed by atoms with E-state index in [-0.39, 0.29) is 30.1 Å². The molecule has 0 radical (unpaired) electrons. The van der Waals surface area contributed by atoms with Crippen LogP contribution in [0.4, 0.5) is 0 Å². The number of hydroxylamine groups is 1. The number of ether oxygens (including phenoxy) is 2. The molecule has 1 unspecified atom stereocenters. The zero-order valence-corrected chi connectivity index (χ0v) is 25.9. The smallest absolute Gasteiger partial charge is 0.333 e. The molecule has 1 aromatic carbocycles. The Morgan fingerprint density at radius 3 is 2.47 bits per heavy atom. The third-order valence-corrected chi connectivity index (χ3v) is 8.52. The van der Waals surface area contributed by atoms with E-state index in [1.54, 1.807) is 44.2 Å². The van der Waals surface area contributed by atoms with Crippen LogP contribution in [0, 0.1) is 17.3 Å². The summed E-state index contributed by atoms with van der Waals surface area (Å²) in [5.74, 6) is -2.63. The summed E-state index contributed by atoms with van der Waals surface area (Å²) in [6.07, 6.45) is 6.98. The van der Waals surface area contributed by atoms with Gasteiger partial charge in [-0.25, -0.2) is 9.59 Å². The Kier molecular flexibility index (Phi) is 11.8. The molecule has 43 heavy (non-hydrogen) atoms. The normalized spacial score (nSPS) is 24.6. The van der Waals surface area contributed by atoms with Crippen molar-refractivity contribution in [3.63, 3.8) is 0 Å². The van der Waals surface area contributed by atoms with E-state index in [2.05, 4.69) is 19.3 Å². The van der Waals surface area contributed by atoms with Crippen molar-refractivity contribution in [1.29, 1.82) is 0 Å². The fourth-order valence-corrected chi connectivity index (χ4v) is 5.96. The molecule has 0 saturated heterocycles. The van der Waals surface area contributed by atoms with E-state index in [0.717, 1.165) is 19.3 Å². The van der Waals surface area contributed by atoms with E-state index < -0.39 is 41.4 Å². The summed E-state index contributed by atoms with van der Waals surface area (Å²) in [5.41, 5.74) is 3.71. The first kappa shape index (κ1) is 33.6. The van der Waals surface area contributed by atoms with Gasteiger partial charge in [-0.2, -0.15) is 0 Å². The maximum Gasteiger partial charge on any atom is 0.333 e. The summed E-state index contributed by atoms with van der Waals surface area (Å²) in [6.45, 7) is 9.28. The first-order valence-corrected chi connectivity index (χ1v) is 14.9. The molecule has 0 aromatic heterocycles. The average Bonchev–Trinajstić information content (AvgIpc) is 3.00. The molecular formula is C34H43NO8. The van der Waals surface area contributed by atoms with E-state index in [1.165, 1.54) is 13.2 Å². The van der Waals surface area contributed by atoms with E-state index in [1.807, 2.05) is 13.0 Å². The molecule has 232 valence electrons. The number of aldehydes is 1. The van der Waals surface area contributed by atoms with Gasteiger partial charge in [0, 0.05) is 16.6 Å². The highest BCUT2D eigenvalue weighted by atomic mass is 16.7. The van der Waals surface area contributed by atoms with Crippen LogP contribution < -0.4 is 5.48 Å². The molecule has 0 bridgehead atoms. The number of fused-ring (bicyclic) bond motifs is 1. The van der Waals surface area contributed by atoms with Gasteiger partial charge in [0.2, 0.25) is 0 Å². The van der Waals surface area contributed by atoms with E-state index in [0.29, 0.717) is 35.0 Å². The van der Waals surface area contributed by atoms with Crippen LogP contribution >= 0.6 is 0 Å². The van der Waals surface area contributed by atoms with Crippen LogP contribution in [0.25, 0.3) is 0 Å². The van der Waals surface area contributed by atoms with Gasteiger partial charge < -0.3 is 14.3 Å². The van der Waals surface area contributed by atoms with Crippen molar-refractivity contribution in [1.82, 2.24) is 5.48 Å². The zero-order chi connectivity index (χ0) is 31.7. The third kappa shape index (κ3) is 7.96. The predicted molar refractivity (Wildman–Crippen MR) is 160 cm³/mol. The number of esters is 2. The molecule has 1 aromatic rings. The van der Waals surface area contributed by atoms with Crippen LogP contribution in [0.2, 0.25) is 0 Å². The van der Waals surface area contributed by atoms with Crippen LogP contribution in [0.3, 0.4) is 0 Å². The highest BCUT2D eigenvalue weighted by molar-refractivity contribution is 6.09. The quantitative estimate of drug-likeness (QED) is 0.110. The number of methoxy groups -OCH3 is 1. The zero-order valence-electron chi connectivity index (χ0n) is 25.9. The SMILES string of the molecule is CCCCC(C)/C=C(\C)C(=O)O[C@@H]1CC[C@H](C(=O)ON[C@H](C(=O)OC)c2ccccc2)[C@@]2(C)C/C(=C(/C)C=O)C(=O)C=C12. The topological polar surface area (TPSA) is 125 Å². The maximum absolute atomic E-state index is 13.6. The number of nitrogens with one attached hydrogen (secondary N) is 1. The van der Waals surface area contributed by atoms with Crippen LogP contribution in [0.1, 0.15) is 84.7 Å². The summed E-state index contributed by atoms with van der Waals surface area (Å²) in [7, 11) is 1.24. The molecule has 1 fully saturated rings. The van der Waals surface area contributed by atoms with Crippen molar-refractivity contribution in [3.05, 3.63) is 70.3 Å². The second-order valence-corrected chi connectivity index (χ2v) is 11.7. The molecule has 3 rings (SSSR count). The number of hydrogen-bond donors (Lipinski definition) is 1. The molecule has 2 aliphatic carbocycles. The second kappa shape index (κ2) is 15.0. The second-order valence-electron chi connectivity index (χ2n) is 11.7. The van der Waals surface area contributed by atoms with Crippen molar-refractivity contribution in [2.75, 3.05) is 7.11 Å². The van der Waals surface area contributed by atoms with Gasteiger partial charge in [0.1, 0.15) is 12.4 Å². The molecule has 2 aliphatic rings. The Labute approximate surface area is 253 Å². The van der Waals surface area contributed by atoms with Gasteiger partial charge in [0.15, 0.2) is 11.8 Å². The molecule has 1 N–H and O–H groups in total. The number of unbranched alkanes of at least 4 members (excludes halogenated alkanes) is 1. The fraction of sp³-hybridized carbons (Fsp3) is 0.500. The Morgan fingerprint density at radius 2 is 1.84 bits per heavy atom. The van der Waals surface area contributed by atoms with Crippen molar-refractivity contribution in [3.8, 4) is 0 Å². The number of benzene rings is 1. The van der Waals surface area contributed by atoms with E-state index in [4.69, 9.17) is 14.3 Å². The third-order valence-electron chi connectivity index (χ3n) is 8.52. The van der Waals surface area contributed by atoms with Gasteiger partial charge in [-0.15, -0.1) is 5.48 Å². The lowest BCUT2D eigenvalue weighted by Gasteiger charge is -2.47. The van der Waals surface area contributed by atoms with Crippen LogP contribution in [-0.2, 0) is 38.3 Å². The minimum absolute atomic E-state index is 0.0953. The molecule has 1 saturated carbocycles. The van der Waals surface area contributed by atoms with Crippen molar-refractivity contribution in [2.45, 2.75) is 85.3 Å². The summed E-state index contributed by atoms with van der Waals surface area (Å²) in [5, 5.41) is 0. The summed E-state index contributed by atoms with van der Waals surface area (Å²) in [6, 6.07) is 7.66. The molecular weight excluding hydrogens is 550 g/mol. The van der Waals surface area contributed by atoms with Gasteiger partial charge in [-0.05, 0) is 68.2 Å². The summed E-state index contributed by atoms with van der Waals surface area (Å²) < 4.78 is 10.8. The number of ketones is 1. The van der Waals surface area contributed by atoms with Crippen LogP contribution in [-0.4, -0.2) is 43.2 Å². The Bertz CT molecular complexity index is 1310. The van der Waals surface area contributed by atoms with E-state index >= 15 is 0 Å². The highest BCUT2D eigenvalue weighted by Gasteiger charge is 2.53. The maximum atomic E-state index is 13.6. The number of allylic oxidation sites excluding steroid dienone is 4. The molecule has 0 aliphatic heterocycles. The minimum atomic E-state index is -1.05. The molecule has 9 nitrogen and oxygen atoms in total. The predicted octanol–water partition coefficient (Wildman–Crippen LogP) is 5.46. The summed E-state index contributed by atoms with van der Waals surface area (Å²) in [4.78, 5) is 69.5. The van der Waals surface area contributed by atoms with Crippen molar-refractivity contribution in [2.24, 2.45) is 17.3 Å². The minimum Gasteiger partial charge on any atom is -0.468 e. The lowest BCUT2D eigenvalue weighted by molar-refractivity contribution is -0.168. The molecule has 5 atom stereocenters. The van der Waals surface area contributed by atoms with Gasteiger partial charge in [-0.3, -0.25) is 14.4 Å². The van der Waals surface area contributed by atoms with Gasteiger partial charge in [-0.1, -0.05) is 70.0 Å². The van der Waals surface area contributed by atoms with Crippen molar-refractivity contribution >= 4 is 30.0 Å². The van der Waals surface area contributed by atoms with Gasteiger partial charge in [0.05, 0.1) is 13.0 Å². The Morgan fingerprint density at radius 1 is 1.14 bits per heavy atom. The summed E-state index contributed by atoms with van der Waals surface area (Å²) >= 11 is 0. The largest absolute Gasteiger partial charge is 0.468 e. The average molecular weight is 594 g/mol. The molecule has 0 heterocycles. The Hall–Kier alpha value is -3.85. The first-order valence-electron chi connectivity index (χ1n) is 14.9. The van der Waals surface area contributed by atoms with Crippen molar-refractivity contribution < 1.29 is 38.3 Å². The first-order chi connectivity index (χ1) is 20.5. The Balaban J connectivity index is 1.89. The lowest BCUT2D eigenvalue weighted by Crippen LogP contribution is -2.49. The van der Waals surface area contributed by atoms with Gasteiger partial charge >= 0.3 is 17.9 Å². The van der Waals surface area contributed by atoms with Crippen LogP contribution in [0.5, 0.6) is 0 Å². The number of rotatable bonds is 12. The van der Waals surface area contributed by atoms with Crippen LogP contribution in [0.15, 0.2) is 64.8 Å². The number of carbonyl (C=O) groups excluding carboxylic acids is 5. The lowest BCUT2D eigenvalue weighted by atomic mass is 9.57. The highest BCUT2D eigenvalue weighted by Crippen LogP contribution is 2.53. The monoisotopic (exact) mass is 593 g/mol.